The molecule has 1 fully saturated rings. The van der Waals surface area contributed by atoms with Crippen LogP contribution in [0.25, 0.3) is 0 Å². The molecule has 1 aliphatic heterocycles. The van der Waals surface area contributed by atoms with Crippen molar-refractivity contribution in [3.8, 4) is 0 Å². The molecule has 1 N–H and O–H groups in total. The molecule has 0 aromatic heterocycles. The normalized spacial score (nSPS) is 18.2. The van der Waals surface area contributed by atoms with Crippen molar-refractivity contribution in [2.45, 2.75) is 30.7 Å². The monoisotopic (exact) mass is 356 g/mol. The summed E-state index contributed by atoms with van der Waals surface area (Å²) in [5.41, 5.74) is 1.58. The van der Waals surface area contributed by atoms with E-state index in [-0.39, 0.29) is 5.91 Å². The van der Waals surface area contributed by atoms with E-state index in [2.05, 4.69) is 17.1 Å². The molecule has 0 unspecified atom stereocenters. The number of hydrogen-bond acceptors (Lipinski definition) is 2. The van der Waals surface area contributed by atoms with E-state index in [1.54, 1.807) is 0 Å². The summed E-state index contributed by atoms with van der Waals surface area (Å²) < 4.78 is 0. The highest BCUT2D eigenvalue weighted by molar-refractivity contribution is 6.37. The highest BCUT2D eigenvalue weighted by atomic mass is 35.5. The van der Waals surface area contributed by atoms with E-state index in [1.165, 1.54) is 6.42 Å². The first-order valence-corrected chi connectivity index (χ1v) is 9.36. The minimum atomic E-state index is -1.21. The van der Waals surface area contributed by atoms with Gasteiger partial charge in [0.05, 0.1) is 0 Å². The topological polar surface area (TPSA) is 32.3 Å². The van der Waals surface area contributed by atoms with Gasteiger partial charge in [-0.2, -0.15) is 0 Å². The minimum absolute atomic E-state index is 0.158. The Morgan fingerprint density at radius 2 is 1.68 bits per heavy atom. The van der Waals surface area contributed by atoms with Gasteiger partial charge >= 0.3 is 0 Å². The van der Waals surface area contributed by atoms with Crippen molar-refractivity contribution in [1.82, 2.24) is 10.2 Å². The molecule has 0 radical (unpaired) electrons. The number of nitrogens with one attached hydrogen (secondary N) is 1. The zero-order valence-electron chi connectivity index (χ0n) is 14.6. The van der Waals surface area contributed by atoms with E-state index in [0.717, 1.165) is 30.6 Å². The number of carbonyl (C=O) groups is 1. The molecule has 4 heteroatoms. The molecule has 0 spiro atoms. The van der Waals surface area contributed by atoms with Gasteiger partial charge in [0.25, 0.3) is 0 Å². The van der Waals surface area contributed by atoms with Crippen LogP contribution in [-0.4, -0.2) is 36.5 Å². The summed E-state index contributed by atoms with van der Waals surface area (Å²) in [6.45, 7) is 4.94. The number of benzene rings is 2. The molecule has 1 amide bonds. The fraction of sp³-hybridized carbons (Fsp3) is 0.381. The Labute approximate surface area is 155 Å². The molecule has 1 aliphatic rings. The quantitative estimate of drug-likeness (QED) is 0.799. The lowest BCUT2D eigenvalue weighted by Gasteiger charge is -2.29. The summed E-state index contributed by atoms with van der Waals surface area (Å²) in [7, 11) is 0. The third-order valence-electron chi connectivity index (χ3n) is 5.06. The summed E-state index contributed by atoms with van der Waals surface area (Å²) in [6.07, 6.45) is 2.32. The van der Waals surface area contributed by atoms with Crippen LogP contribution < -0.4 is 5.32 Å². The predicted octanol–water partition coefficient (Wildman–Crippen LogP) is 3.77. The predicted molar refractivity (Wildman–Crippen MR) is 103 cm³/mol. The van der Waals surface area contributed by atoms with Crippen LogP contribution in [0.1, 0.15) is 30.9 Å². The van der Waals surface area contributed by atoms with Crippen molar-refractivity contribution in [3.05, 3.63) is 71.8 Å². The summed E-state index contributed by atoms with van der Waals surface area (Å²) in [6, 6.07) is 19.6. The van der Waals surface area contributed by atoms with Crippen molar-refractivity contribution in [2.24, 2.45) is 0 Å². The van der Waals surface area contributed by atoms with Gasteiger partial charge in [0.15, 0.2) is 4.87 Å². The fourth-order valence-electron chi connectivity index (χ4n) is 3.64. The third-order valence-corrected chi connectivity index (χ3v) is 5.67. The number of amides is 1. The lowest BCUT2D eigenvalue weighted by molar-refractivity contribution is -0.123. The lowest BCUT2D eigenvalue weighted by Crippen LogP contribution is -2.46. The molecule has 0 saturated carbocycles. The van der Waals surface area contributed by atoms with Gasteiger partial charge in [0, 0.05) is 12.6 Å². The first-order valence-electron chi connectivity index (χ1n) is 8.98. The molecule has 3 rings (SSSR count). The van der Waals surface area contributed by atoms with Crippen LogP contribution in [-0.2, 0) is 9.67 Å². The van der Waals surface area contributed by atoms with Crippen LogP contribution in [0, 0.1) is 0 Å². The second kappa shape index (κ2) is 8.03. The van der Waals surface area contributed by atoms with Gasteiger partial charge in [-0.1, -0.05) is 79.2 Å². The summed E-state index contributed by atoms with van der Waals surface area (Å²) in [5, 5.41) is 3.11. The molecular weight excluding hydrogens is 332 g/mol. The van der Waals surface area contributed by atoms with E-state index >= 15 is 0 Å². The number of likely N-dealkylation sites (tertiary alicyclic amines) is 1. The number of halogens is 1. The van der Waals surface area contributed by atoms with Crippen LogP contribution in [0.3, 0.4) is 0 Å². The Kier molecular flexibility index (Phi) is 5.77. The van der Waals surface area contributed by atoms with E-state index in [1.807, 2.05) is 60.7 Å². The molecule has 0 aliphatic carbocycles. The summed E-state index contributed by atoms with van der Waals surface area (Å²) >= 11 is 6.97. The Hall–Kier alpha value is -1.84. The van der Waals surface area contributed by atoms with Crippen LogP contribution in [0.4, 0.5) is 0 Å². The van der Waals surface area contributed by atoms with Gasteiger partial charge in [0.1, 0.15) is 0 Å². The maximum absolute atomic E-state index is 13.2. The van der Waals surface area contributed by atoms with Crippen molar-refractivity contribution in [3.63, 3.8) is 0 Å². The summed E-state index contributed by atoms with van der Waals surface area (Å²) in [4.78, 5) is 14.4. The van der Waals surface area contributed by atoms with Crippen LogP contribution >= 0.6 is 11.6 Å². The maximum atomic E-state index is 13.2. The van der Waals surface area contributed by atoms with Gasteiger partial charge < -0.3 is 5.32 Å². The fourth-order valence-corrected chi connectivity index (χ4v) is 3.96. The van der Waals surface area contributed by atoms with Crippen molar-refractivity contribution in [2.75, 3.05) is 19.6 Å². The Morgan fingerprint density at radius 3 is 2.20 bits per heavy atom. The largest absolute Gasteiger partial charge is 0.352 e. The minimum Gasteiger partial charge on any atom is -0.352 e. The molecule has 2 aromatic rings. The number of nitrogens with zero attached hydrogens (tertiary/aromatic N) is 1. The third kappa shape index (κ3) is 3.73. The maximum Gasteiger partial charge on any atom is 0.250 e. The highest BCUT2D eigenvalue weighted by Crippen LogP contribution is 2.37. The first kappa shape index (κ1) is 18.0. The van der Waals surface area contributed by atoms with Gasteiger partial charge in [0.2, 0.25) is 5.91 Å². The molecule has 2 aromatic carbocycles. The van der Waals surface area contributed by atoms with Gasteiger partial charge in [-0.05, 0) is 37.1 Å². The average Bonchev–Trinajstić information content (AvgIpc) is 3.14. The number of carbonyl (C=O) groups excluding carboxylic acids is 1. The van der Waals surface area contributed by atoms with Crippen LogP contribution in [0.5, 0.6) is 0 Å². The number of hydrogen-bond donors (Lipinski definition) is 1. The van der Waals surface area contributed by atoms with Crippen LogP contribution in [0.15, 0.2) is 60.7 Å². The van der Waals surface area contributed by atoms with Gasteiger partial charge in [-0.3, -0.25) is 9.69 Å². The average molecular weight is 357 g/mol. The number of likely N-dealkylation sites (N-methyl/N-ethyl adjacent to an activating group) is 1. The molecular formula is C21H25ClN2O. The lowest BCUT2D eigenvalue weighted by atomic mass is 9.89. The smallest absolute Gasteiger partial charge is 0.250 e. The Morgan fingerprint density at radius 1 is 1.12 bits per heavy atom. The zero-order chi connectivity index (χ0) is 17.7. The molecule has 0 bridgehead atoms. The number of rotatable bonds is 6. The van der Waals surface area contributed by atoms with Crippen molar-refractivity contribution >= 4 is 17.5 Å². The number of alkyl halides is 1. The molecule has 132 valence electrons. The molecule has 1 heterocycles. The summed E-state index contributed by atoms with van der Waals surface area (Å²) in [5.74, 6) is -0.158. The second-order valence-corrected chi connectivity index (χ2v) is 7.09. The Bertz CT molecular complexity index is 650. The van der Waals surface area contributed by atoms with Crippen LogP contribution in [0.2, 0.25) is 0 Å². The van der Waals surface area contributed by atoms with Crippen molar-refractivity contribution < 1.29 is 4.79 Å². The first-order chi connectivity index (χ1) is 12.2. The van der Waals surface area contributed by atoms with Crippen molar-refractivity contribution in [1.29, 1.82) is 0 Å². The SMILES string of the molecule is CCN1CCC[C@H]1CNC(=O)C(Cl)(c1ccccc1)c1ccccc1. The van der Waals surface area contributed by atoms with Gasteiger partial charge in [-0.25, -0.2) is 0 Å². The van der Waals surface area contributed by atoms with E-state index in [4.69, 9.17) is 11.6 Å². The Balaban J connectivity index is 1.83. The van der Waals surface area contributed by atoms with E-state index in [0.29, 0.717) is 12.6 Å². The molecule has 25 heavy (non-hydrogen) atoms. The molecule has 3 nitrogen and oxygen atoms in total. The second-order valence-electron chi connectivity index (χ2n) is 6.53. The molecule has 1 saturated heterocycles. The zero-order valence-corrected chi connectivity index (χ0v) is 15.4. The standard InChI is InChI=1S/C21H25ClN2O/c1-2-24-15-9-14-19(24)16-23-20(25)21(22,17-10-5-3-6-11-17)18-12-7-4-8-13-18/h3-8,10-13,19H,2,9,14-16H2,1H3,(H,23,25)/t19-/m0/s1. The molecule has 1 atom stereocenters. The van der Waals surface area contributed by atoms with Gasteiger partial charge in [-0.15, -0.1) is 0 Å². The van der Waals surface area contributed by atoms with E-state index < -0.39 is 4.87 Å². The highest BCUT2D eigenvalue weighted by Gasteiger charge is 2.40. The van der Waals surface area contributed by atoms with E-state index in [9.17, 15) is 4.79 Å².